The molecule has 0 unspecified atom stereocenters. The predicted octanol–water partition coefficient (Wildman–Crippen LogP) is 4.97. The first-order valence-electron chi connectivity index (χ1n) is 5.52. The fourth-order valence-corrected chi connectivity index (χ4v) is 2.70. The molecule has 0 aliphatic heterocycles. The molecule has 0 radical (unpaired) electrons. The maximum absolute atomic E-state index is 6.15. The van der Waals surface area contributed by atoms with Gasteiger partial charge in [-0.25, -0.2) is 9.97 Å². The van der Waals surface area contributed by atoms with Gasteiger partial charge in [0.15, 0.2) is 5.82 Å². The largest absolute Gasteiger partial charge is 0.233 e. The molecule has 0 fully saturated rings. The molecular weight excluding hydrogens is 291 g/mol. The number of hydrogen-bond donors (Lipinski definition) is 0. The van der Waals surface area contributed by atoms with Gasteiger partial charge in [0.05, 0.1) is 15.6 Å². The van der Waals surface area contributed by atoms with Gasteiger partial charge in [-0.15, -0.1) is 0 Å². The first-order valence-corrected chi connectivity index (χ1v) is 6.65. The van der Waals surface area contributed by atoms with E-state index >= 15 is 0 Å². The van der Waals surface area contributed by atoms with Crippen LogP contribution in [0.4, 0.5) is 0 Å². The van der Waals surface area contributed by atoms with Gasteiger partial charge in [-0.1, -0.05) is 47.8 Å². The smallest absolute Gasteiger partial charge is 0.164 e. The fourth-order valence-electron chi connectivity index (χ4n) is 1.79. The molecule has 5 heteroatoms. The lowest BCUT2D eigenvalue weighted by molar-refractivity contribution is 1.00. The molecule has 0 saturated heterocycles. The molecule has 0 bridgehead atoms. The van der Waals surface area contributed by atoms with Crippen molar-refractivity contribution in [3.8, 4) is 11.4 Å². The molecule has 0 aliphatic carbocycles. The number of benzene rings is 1. The van der Waals surface area contributed by atoms with Crippen molar-refractivity contribution in [1.29, 1.82) is 0 Å². The summed E-state index contributed by atoms with van der Waals surface area (Å²) in [7, 11) is 0. The number of hydrogen-bond acceptors (Lipinski definition) is 2. The first kappa shape index (κ1) is 13.6. The van der Waals surface area contributed by atoms with Gasteiger partial charge in [0.2, 0.25) is 0 Å². The third kappa shape index (κ3) is 2.46. The molecule has 18 heavy (non-hydrogen) atoms. The average Bonchev–Trinajstić information content (AvgIpc) is 2.28. The summed E-state index contributed by atoms with van der Waals surface area (Å²) in [5.41, 5.74) is 2.42. The predicted molar refractivity (Wildman–Crippen MR) is 76.6 cm³/mol. The van der Waals surface area contributed by atoms with E-state index < -0.39 is 0 Å². The minimum Gasteiger partial charge on any atom is -0.233 e. The molecule has 0 saturated carbocycles. The van der Waals surface area contributed by atoms with E-state index in [2.05, 4.69) is 9.97 Å². The highest BCUT2D eigenvalue weighted by Crippen LogP contribution is 2.33. The molecule has 1 aromatic heterocycles. The number of rotatable bonds is 2. The van der Waals surface area contributed by atoms with E-state index in [4.69, 9.17) is 34.8 Å². The Labute approximate surface area is 121 Å². The lowest BCUT2D eigenvalue weighted by Gasteiger charge is -2.10. The van der Waals surface area contributed by atoms with Crippen LogP contribution in [0.1, 0.15) is 18.2 Å². The molecule has 0 amide bonds. The summed E-state index contributed by atoms with van der Waals surface area (Å²) in [4.78, 5) is 8.71. The first-order chi connectivity index (χ1) is 8.54. The van der Waals surface area contributed by atoms with Crippen molar-refractivity contribution in [2.75, 3.05) is 0 Å². The maximum atomic E-state index is 6.15. The second-order valence-electron chi connectivity index (χ2n) is 3.85. The van der Waals surface area contributed by atoms with Crippen molar-refractivity contribution in [2.24, 2.45) is 0 Å². The van der Waals surface area contributed by atoms with Gasteiger partial charge in [0.25, 0.3) is 0 Å². The van der Waals surface area contributed by atoms with E-state index in [9.17, 15) is 0 Å². The zero-order valence-electron chi connectivity index (χ0n) is 9.97. The van der Waals surface area contributed by atoms with Crippen LogP contribution in [-0.4, -0.2) is 9.97 Å². The van der Waals surface area contributed by atoms with Crippen molar-refractivity contribution in [3.05, 3.63) is 44.7 Å². The van der Waals surface area contributed by atoms with Gasteiger partial charge >= 0.3 is 0 Å². The Hall–Kier alpha value is -0.830. The highest BCUT2D eigenvalue weighted by molar-refractivity contribution is 6.39. The Morgan fingerprint density at radius 2 is 1.67 bits per heavy atom. The van der Waals surface area contributed by atoms with Crippen LogP contribution >= 0.6 is 34.8 Å². The topological polar surface area (TPSA) is 25.8 Å². The van der Waals surface area contributed by atoms with E-state index in [1.54, 1.807) is 18.2 Å². The van der Waals surface area contributed by atoms with Crippen molar-refractivity contribution < 1.29 is 0 Å². The summed E-state index contributed by atoms with van der Waals surface area (Å²) in [5, 5.41) is 1.49. The quantitative estimate of drug-likeness (QED) is 0.731. The molecule has 2 rings (SSSR count). The molecule has 0 aliphatic rings. The SMILES string of the molecule is CCc1c(C)nc(-c2c(Cl)cccc2Cl)nc1Cl. The molecule has 0 atom stereocenters. The van der Waals surface area contributed by atoms with Crippen molar-refractivity contribution in [2.45, 2.75) is 20.3 Å². The second-order valence-corrected chi connectivity index (χ2v) is 5.02. The molecule has 2 nitrogen and oxygen atoms in total. The lowest BCUT2D eigenvalue weighted by atomic mass is 10.1. The molecular formula is C13H11Cl3N2. The number of aromatic nitrogens is 2. The van der Waals surface area contributed by atoms with Gasteiger partial charge in [-0.2, -0.15) is 0 Å². The Kier molecular flexibility index (Phi) is 4.10. The molecule has 1 aromatic carbocycles. The summed E-state index contributed by atoms with van der Waals surface area (Å²) < 4.78 is 0. The van der Waals surface area contributed by atoms with Crippen LogP contribution in [-0.2, 0) is 6.42 Å². The third-order valence-corrected chi connectivity index (χ3v) is 3.65. The van der Waals surface area contributed by atoms with Crippen LogP contribution in [0.3, 0.4) is 0 Å². The van der Waals surface area contributed by atoms with Gasteiger partial charge in [-0.05, 0) is 25.5 Å². The van der Waals surface area contributed by atoms with Crippen LogP contribution in [0.2, 0.25) is 15.2 Å². The molecule has 2 aromatic rings. The molecule has 94 valence electrons. The standard InChI is InChI=1S/C13H11Cl3N2/c1-3-8-7(2)17-13(18-12(8)16)11-9(14)5-4-6-10(11)15/h4-6H,3H2,1-2H3. The van der Waals surface area contributed by atoms with Crippen LogP contribution < -0.4 is 0 Å². The van der Waals surface area contributed by atoms with Gasteiger partial charge in [0, 0.05) is 11.3 Å². The van der Waals surface area contributed by atoms with E-state index in [1.807, 2.05) is 13.8 Å². The zero-order valence-corrected chi connectivity index (χ0v) is 12.2. The summed E-state index contributed by atoms with van der Waals surface area (Å²) in [6.45, 7) is 3.92. The van der Waals surface area contributed by atoms with Gasteiger partial charge < -0.3 is 0 Å². The number of nitrogens with zero attached hydrogens (tertiary/aromatic N) is 2. The Morgan fingerprint density at radius 3 is 2.17 bits per heavy atom. The Balaban J connectivity index is 2.66. The van der Waals surface area contributed by atoms with Crippen LogP contribution in [0.25, 0.3) is 11.4 Å². The van der Waals surface area contributed by atoms with Gasteiger partial charge in [-0.3, -0.25) is 0 Å². The van der Waals surface area contributed by atoms with E-state index in [1.165, 1.54) is 0 Å². The lowest BCUT2D eigenvalue weighted by Crippen LogP contribution is -2.00. The zero-order chi connectivity index (χ0) is 13.3. The van der Waals surface area contributed by atoms with E-state index in [-0.39, 0.29) is 0 Å². The molecule has 1 heterocycles. The highest BCUT2D eigenvalue weighted by atomic mass is 35.5. The van der Waals surface area contributed by atoms with Gasteiger partial charge in [0.1, 0.15) is 5.15 Å². The maximum Gasteiger partial charge on any atom is 0.164 e. The third-order valence-electron chi connectivity index (χ3n) is 2.70. The Morgan fingerprint density at radius 1 is 1.06 bits per heavy atom. The second kappa shape index (κ2) is 5.43. The fraction of sp³-hybridized carbons (Fsp3) is 0.231. The van der Waals surface area contributed by atoms with Crippen LogP contribution in [0.15, 0.2) is 18.2 Å². The highest BCUT2D eigenvalue weighted by Gasteiger charge is 2.14. The van der Waals surface area contributed by atoms with E-state index in [0.717, 1.165) is 17.7 Å². The Bertz CT molecular complexity index is 554. The monoisotopic (exact) mass is 300 g/mol. The summed E-state index contributed by atoms with van der Waals surface area (Å²) in [6, 6.07) is 5.29. The van der Waals surface area contributed by atoms with Crippen LogP contribution in [0.5, 0.6) is 0 Å². The minimum atomic E-state index is 0.455. The van der Waals surface area contributed by atoms with E-state index in [0.29, 0.717) is 26.6 Å². The number of aryl methyl sites for hydroxylation is 1. The van der Waals surface area contributed by atoms with Crippen molar-refractivity contribution in [3.63, 3.8) is 0 Å². The summed E-state index contributed by atoms with van der Waals surface area (Å²) in [6.07, 6.45) is 0.793. The summed E-state index contributed by atoms with van der Waals surface area (Å²) >= 11 is 18.4. The number of halogens is 3. The molecule has 0 spiro atoms. The average molecular weight is 302 g/mol. The normalized spacial score (nSPS) is 10.7. The minimum absolute atomic E-state index is 0.455. The van der Waals surface area contributed by atoms with Crippen molar-refractivity contribution in [1.82, 2.24) is 9.97 Å². The summed E-state index contributed by atoms with van der Waals surface area (Å²) in [5.74, 6) is 0.463. The van der Waals surface area contributed by atoms with Crippen LogP contribution in [0, 0.1) is 6.92 Å². The van der Waals surface area contributed by atoms with Crippen molar-refractivity contribution >= 4 is 34.8 Å². The molecule has 0 N–H and O–H groups in total.